The standard InChI is InChI=1S/C10H10Cl2N4O3/c11-5-4-6(16(18)19)9(17)7(12)8(5)15-10-13-2-1-3-14-10/h4,17H,1-3H2,(H2,13,14,15). The Morgan fingerprint density at radius 3 is 2.84 bits per heavy atom. The van der Waals surface area contributed by atoms with E-state index in [9.17, 15) is 15.2 Å². The van der Waals surface area contributed by atoms with Gasteiger partial charge in [-0.2, -0.15) is 0 Å². The highest BCUT2D eigenvalue weighted by Gasteiger charge is 2.23. The van der Waals surface area contributed by atoms with Crippen LogP contribution in [0.2, 0.25) is 10.0 Å². The number of hydrogen-bond donors (Lipinski definition) is 3. The van der Waals surface area contributed by atoms with Crippen LogP contribution in [0, 0.1) is 10.1 Å². The number of nitro benzene ring substituents is 1. The Bertz CT molecular complexity index is 562. The molecule has 1 heterocycles. The van der Waals surface area contributed by atoms with Crippen LogP contribution in [0.3, 0.4) is 0 Å². The predicted octanol–water partition coefficient (Wildman–Crippen LogP) is 2.37. The summed E-state index contributed by atoms with van der Waals surface area (Å²) in [5.74, 6) is -0.168. The largest absolute Gasteiger partial charge is 0.501 e. The van der Waals surface area contributed by atoms with E-state index in [2.05, 4.69) is 15.6 Å². The Labute approximate surface area is 118 Å². The minimum atomic E-state index is -0.757. The van der Waals surface area contributed by atoms with E-state index < -0.39 is 16.4 Å². The van der Waals surface area contributed by atoms with Gasteiger partial charge in [0.05, 0.1) is 15.6 Å². The van der Waals surface area contributed by atoms with Gasteiger partial charge in [0.25, 0.3) is 0 Å². The van der Waals surface area contributed by atoms with Crippen molar-refractivity contribution in [2.45, 2.75) is 6.42 Å². The van der Waals surface area contributed by atoms with Gasteiger partial charge >= 0.3 is 5.69 Å². The molecule has 0 spiro atoms. The second-order valence-corrected chi connectivity index (χ2v) is 4.59. The van der Waals surface area contributed by atoms with Gasteiger partial charge in [0.1, 0.15) is 5.02 Å². The van der Waals surface area contributed by atoms with Crippen molar-refractivity contribution in [3.05, 3.63) is 26.2 Å². The molecule has 2 rings (SSSR count). The minimum absolute atomic E-state index is 0.0320. The zero-order chi connectivity index (χ0) is 14.0. The van der Waals surface area contributed by atoms with Crippen molar-refractivity contribution >= 4 is 40.5 Å². The summed E-state index contributed by atoms with van der Waals surface area (Å²) >= 11 is 11.8. The van der Waals surface area contributed by atoms with Crippen LogP contribution < -0.4 is 10.6 Å². The van der Waals surface area contributed by atoms with E-state index in [4.69, 9.17) is 23.2 Å². The van der Waals surface area contributed by atoms with Crippen LogP contribution in [0.1, 0.15) is 6.42 Å². The number of anilines is 1. The number of phenolic OH excluding ortho intramolecular Hbond substituents is 1. The number of nitrogens with one attached hydrogen (secondary N) is 2. The Morgan fingerprint density at radius 1 is 1.53 bits per heavy atom. The second-order valence-electron chi connectivity index (χ2n) is 3.81. The van der Waals surface area contributed by atoms with Crippen LogP contribution >= 0.6 is 23.2 Å². The molecule has 0 saturated heterocycles. The molecule has 0 atom stereocenters. The average molecular weight is 305 g/mol. The second kappa shape index (κ2) is 5.50. The number of aliphatic imine (C=N–C) groups is 1. The van der Waals surface area contributed by atoms with Crippen molar-refractivity contribution in [1.82, 2.24) is 5.32 Å². The van der Waals surface area contributed by atoms with Gasteiger partial charge in [-0.3, -0.25) is 15.1 Å². The number of hydrogen-bond acceptors (Lipinski definition) is 6. The maximum absolute atomic E-state index is 10.7. The molecule has 0 fully saturated rings. The zero-order valence-electron chi connectivity index (χ0n) is 9.61. The first kappa shape index (κ1) is 13.7. The van der Waals surface area contributed by atoms with Crippen LogP contribution in [0.4, 0.5) is 11.4 Å². The Kier molecular flexibility index (Phi) is 3.96. The molecule has 9 heteroatoms. The van der Waals surface area contributed by atoms with E-state index in [-0.39, 0.29) is 15.7 Å². The highest BCUT2D eigenvalue weighted by molar-refractivity contribution is 6.41. The summed E-state index contributed by atoms with van der Waals surface area (Å²) in [6, 6.07) is 1.04. The molecule has 0 aromatic heterocycles. The summed E-state index contributed by atoms with van der Waals surface area (Å²) in [6.45, 7) is 1.41. The van der Waals surface area contributed by atoms with Crippen molar-refractivity contribution in [3.63, 3.8) is 0 Å². The summed E-state index contributed by atoms with van der Waals surface area (Å²) in [5, 5.41) is 26.0. The molecule has 1 aromatic rings. The van der Waals surface area contributed by atoms with Crippen LogP contribution in [0.25, 0.3) is 0 Å². The third-order valence-corrected chi connectivity index (χ3v) is 3.18. The first-order valence-electron chi connectivity index (χ1n) is 5.41. The van der Waals surface area contributed by atoms with Gasteiger partial charge in [-0.25, -0.2) is 0 Å². The Morgan fingerprint density at radius 2 is 2.26 bits per heavy atom. The molecule has 7 nitrogen and oxygen atoms in total. The van der Waals surface area contributed by atoms with E-state index in [0.29, 0.717) is 12.5 Å². The van der Waals surface area contributed by atoms with E-state index >= 15 is 0 Å². The number of nitro groups is 1. The monoisotopic (exact) mass is 304 g/mol. The van der Waals surface area contributed by atoms with Crippen LogP contribution in [-0.4, -0.2) is 29.1 Å². The third-order valence-electron chi connectivity index (χ3n) is 2.51. The van der Waals surface area contributed by atoms with Gasteiger partial charge in [-0.15, -0.1) is 0 Å². The lowest BCUT2D eigenvalue weighted by atomic mass is 10.2. The molecule has 102 valence electrons. The Hall–Kier alpha value is -1.73. The number of halogens is 2. The molecular weight excluding hydrogens is 295 g/mol. The van der Waals surface area contributed by atoms with Crippen LogP contribution in [-0.2, 0) is 0 Å². The van der Waals surface area contributed by atoms with Crippen molar-refractivity contribution in [2.75, 3.05) is 18.4 Å². The average Bonchev–Trinajstić information content (AvgIpc) is 2.40. The van der Waals surface area contributed by atoms with Crippen LogP contribution in [0.5, 0.6) is 5.75 Å². The van der Waals surface area contributed by atoms with Crippen LogP contribution in [0.15, 0.2) is 11.1 Å². The van der Waals surface area contributed by atoms with Crippen molar-refractivity contribution < 1.29 is 10.0 Å². The molecule has 3 N–H and O–H groups in total. The van der Waals surface area contributed by atoms with E-state index in [1.165, 1.54) is 0 Å². The molecule has 1 aliphatic heterocycles. The fourth-order valence-corrected chi connectivity index (χ4v) is 2.12. The SMILES string of the molecule is O=[N+]([O-])c1cc(Cl)c(NC2=NCCCN2)c(Cl)c1O. The first-order valence-corrected chi connectivity index (χ1v) is 6.17. The maximum atomic E-state index is 10.7. The quantitative estimate of drug-likeness (QED) is 0.575. The summed E-state index contributed by atoms with van der Waals surface area (Å²) in [5.41, 5.74) is -0.362. The fraction of sp³-hybridized carbons (Fsp3) is 0.300. The lowest BCUT2D eigenvalue weighted by molar-refractivity contribution is -0.385. The smallest absolute Gasteiger partial charge is 0.313 e. The number of rotatable bonds is 2. The van der Waals surface area contributed by atoms with Crippen molar-refractivity contribution in [2.24, 2.45) is 4.99 Å². The number of nitrogens with zero attached hydrogens (tertiary/aromatic N) is 2. The van der Waals surface area contributed by atoms with Crippen molar-refractivity contribution in [3.8, 4) is 5.75 Å². The normalized spacial score (nSPS) is 14.5. The highest BCUT2D eigenvalue weighted by Crippen LogP contribution is 2.43. The molecule has 0 saturated carbocycles. The van der Waals surface area contributed by atoms with Gasteiger partial charge in [0.2, 0.25) is 5.75 Å². The number of guanidine groups is 1. The maximum Gasteiger partial charge on any atom is 0.313 e. The number of phenols is 1. The molecule has 1 aromatic carbocycles. The fourth-order valence-electron chi connectivity index (χ4n) is 1.58. The van der Waals surface area contributed by atoms with E-state index in [0.717, 1.165) is 19.0 Å². The summed E-state index contributed by atoms with van der Waals surface area (Å²) in [7, 11) is 0. The lowest BCUT2D eigenvalue weighted by Gasteiger charge is -2.17. The van der Waals surface area contributed by atoms with E-state index in [1.54, 1.807) is 0 Å². The molecule has 0 radical (unpaired) electrons. The molecule has 19 heavy (non-hydrogen) atoms. The Balaban J connectivity index is 2.38. The number of aromatic hydroxyl groups is 1. The zero-order valence-corrected chi connectivity index (χ0v) is 11.1. The number of benzene rings is 1. The summed E-state index contributed by atoms with van der Waals surface area (Å²) in [4.78, 5) is 14.1. The van der Waals surface area contributed by atoms with Gasteiger partial charge in [0, 0.05) is 19.2 Å². The lowest BCUT2D eigenvalue weighted by Crippen LogP contribution is -2.35. The predicted molar refractivity (Wildman–Crippen MR) is 73.3 cm³/mol. The molecule has 0 bridgehead atoms. The summed E-state index contributed by atoms with van der Waals surface area (Å²) in [6.07, 6.45) is 0.915. The van der Waals surface area contributed by atoms with Gasteiger partial charge in [0.15, 0.2) is 5.96 Å². The minimum Gasteiger partial charge on any atom is -0.501 e. The third kappa shape index (κ3) is 2.82. The first-order chi connectivity index (χ1) is 9.00. The molecular formula is C10H10Cl2N4O3. The summed E-state index contributed by atoms with van der Waals surface area (Å²) < 4.78 is 0. The molecule has 1 aliphatic rings. The van der Waals surface area contributed by atoms with Gasteiger partial charge in [-0.1, -0.05) is 23.2 Å². The molecule has 0 aliphatic carbocycles. The van der Waals surface area contributed by atoms with Gasteiger partial charge < -0.3 is 15.7 Å². The van der Waals surface area contributed by atoms with Crippen molar-refractivity contribution in [1.29, 1.82) is 0 Å². The molecule has 0 amide bonds. The highest BCUT2D eigenvalue weighted by atomic mass is 35.5. The molecule has 0 unspecified atom stereocenters. The van der Waals surface area contributed by atoms with E-state index in [1.807, 2.05) is 0 Å². The topological polar surface area (TPSA) is 99.8 Å². The van der Waals surface area contributed by atoms with Gasteiger partial charge in [-0.05, 0) is 6.42 Å².